The van der Waals surface area contributed by atoms with E-state index < -0.39 is 10.3 Å². The van der Waals surface area contributed by atoms with Crippen LogP contribution in [0.4, 0.5) is 0 Å². The van der Waals surface area contributed by atoms with Crippen molar-refractivity contribution in [3.05, 3.63) is 0 Å². The van der Waals surface area contributed by atoms with Gasteiger partial charge in [0.05, 0.1) is 0 Å². The van der Waals surface area contributed by atoms with Gasteiger partial charge in [-0.05, 0) is 6.42 Å². The van der Waals surface area contributed by atoms with E-state index in [-0.39, 0.29) is 4.32 Å². The van der Waals surface area contributed by atoms with Gasteiger partial charge < -0.3 is 0 Å². The first kappa shape index (κ1) is 7.98. The Morgan fingerprint density at radius 3 is 2.25 bits per heavy atom. The van der Waals surface area contributed by atoms with Gasteiger partial charge in [0.15, 0.2) is 0 Å². The Morgan fingerprint density at radius 1 is 1.62 bits per heavy atom. The average molecular weight is 155 g/mol. The minimum Gasteiger partial charge on any atom is -0.183 e. The maximum Gasteiger partial charge on any atom is 0.228 e. The monoisotopic (exact) mass is 154 g/mol. The van der Waals surface area contributed by atoms with Gasteiger partial charge in [0.1, 0.15) is 4.32 Å². The molecule has 0 radical (unpaired) electrons. The Morgan fingerprint density at radius 2 is 2.12 bits per heavy atom. The van der Waals surface area contributed by atoms with Gasteiger partial charge in [0.25, 0.3) is 0 Å². The third-order valence-electron chi connectivity index (χ3n) is 0.627. The Kier molecular flexibility index (Phi) is 3.91. The van der Waals surface area contributed by atoms with E-state index in [0.717, 1.165) is 6.42 Å². The van der Waals surface area contributed by atoms with Gasteiger partial charge in [-0.3, -0.25) is 0 Å². The quantitative estimate of drug-likeness (QED) is 0.440. The van der Waals surface area contributed by atoms with Gasteiger partial charge >= 0.3 is 0 Å². The maximum absolute atomic E-state index is 9.92. The van der Waals surface area contributed by atoms with Crippen molar-refractivity contribution >= 4 is 26.2 Å². The number of halogens is 1. The lowest BCUT2D eigenvalue weighted by Crippen LogP contribution is -1.85. The van der Waals surface area contributed by atoms with Crippen LogP contribution in [-0.2, 0) is 10.3 Å². The Hall–Kier alpha value is -0.0200. The van der Waals surface area contributed by atoms with Gasteiger partial charge in [0, 0.05) is 0 Å². The summed E-state index contributed by atoms with van der Waals surface area (Å²) in [5.74, 6) is 0. The first-order valence-corrected chi connectivity index (χ1v) is 3.74. The van der Waals surface area contributed by atoms with Crippen molar-refractivity contribution in [1.29, 1.82) is 0 Å². The summed E-state index contributed by atoms with van der Waals surface area (Å²) in [4.78, 5) is 0. The predicted octanol–water partition coefficient (Wildman–Crippen LogP) is 1.03. The molecule has 0 heterocycles. The summed E-state index contributed by atoms with van der Waals surface area (Å²) >= 11 is 5.22. The van der Waals surface area contributed by atoms with E-state index in [1.807, 2.05) is 6.92 Å². The summed E-state index contributed by atoms with van der Waals surface area (Å²) in [6, 6.07) is 0. The van der Waals surface area contributed by atoms with Crippen LogP contribution in [0.2, 0.25) is 0 Å². The smallest absolute Gasteiger partial charge is 0.183 e. The zero-order chi connectivity index (χ0) is 6.57. The van der Waals surface area contributed by atoms with E-state index >= 15 is 0 Å². The number of hydrogen-bond acceptors (Lipinski definition) is 2. The molecule has 48 valence electrons. The van der Waals surface area contributed by atoms with Gasteiger partial charge in [-0.1, -0.05) is 24.9 Å². The molecule has 0 bridgehead atoms. The van der Waals surface area contributed by atoms with Crippen LogP contribution in [0.25, 0.3) is 0 Å². The minimum atomic E-state index is -2.18. The molecular formula is C4H7ClO2S. The second-order valence-electron chi connectivity index (χ2n) is 1.34. The van der Waals surface area contributed by atoms with Crippen molar-refractivity contribution in [1.82, 2.24) is 0 Å². The summed E-state index contributed by atoms with van der Waals surface area (Å²) in [5.41, 5.74) is 0. The van der Waals surface area contributed by atoms with Crippen LogP contribution in [0.15, 0.2) is 0 Å². The second kappa shape index (κ2) is 3.92. The Balaban J connectivity index is 4.03. The molecule has 0 N–H and O–H groups in total. The molecule has 4 heteroatoms. The van der Waals surface area contributed by atoms with Gasteiger partial charge in [-0.2, -0.15) is 8.42 Å². The fourth-order valence-corrected chi connectivity index (χ4v) is 0.840. The van der Waals surface area contributed by atoms with Crippen molar-refractivity contribution in [2.75, 3.05) is 0 Å². The highest BCUT2D eigenvalue weighted by molar-refractivity contribution is 7.76. The second-order valence-corrected chi connectivity index (χ2v) is 2.98. The highest BCUT2D eigenvalue weighted by Crippen LogP contribution is 1.92. The van der Waals surface area contributed by atoms with Crippen molar-refractivity contribution < 1.29 is 8.42 Å². The molecular weight excluding hydrogens is 148 g/mol. The first-order valence-electron chi connectivity index (χ1n) is 2.29. The molecule has 0 rings (SSSR count). The molecule has 0 saturated carbocycles. The van der Waals surface area contributed by atoms with Crippen molar-refractivity contribution in [3.8, 4) is 0 Å². The lowest BCUT2D eigenvalue weighted by atomic mass is 10.4. The zero-order valence-electron chi connectivity index (χ0n) is 4.52. The largest absolute Gasteiger partial charge is 0.228 e. The standard InChI is InChI=1S/C4H7ClO2S/c1-2-3-4(5)8(6)7/h2-3H2,1H3. The molecule has 0 atom stereocenters. The predicted molar refractivity (Wildman–Crippen MR) is 34.7 cm³/mol. The van der Waals surface area contributed by atoms with E-state index in [1.165, 1.54) is 0 Å². The topological polar surface area (TPSA) is 34.1 Å². The first-order chi connectivity index (χ1) is 3.68. The molecule has 0 aliphatic carbocycles. The molecule has 0 aliphatic heterocycles. The lowest BCUT2D eigenvalue weighted by Gasteiger charge is -1.81. The van der Waals surface area contributed by atoms with E-state index in [9.17, 15) is 8.42 Å². The summed E-state index contributed by atoms with van der Waals surface area (Å²) in [6.45, 7) is 1.87. The van der Waals surface area contributed by atoms with Crippen molar-refractivity contribution in [3.63, 3.8) is 0 Å². The average Bonchev–Trinajstić information content (AvgIpc) is 1.67. The molecule has 0 aliphatic rings. The molecule has 0 aromatic heterocycles. The van der Waals surface area contributed by atoms with E-state index in [2.05, 4.69) is 0 Å². The molecule has 0 amide bonds. The van der Waals surface area contributed by atoms with E-state index in [1.54, 1.807) is 0 Å². The van der Waals surface area contributed by atoms with Gasteiger partial charge in [0.2, 0.25) is 10.3 Å². The van der Waals surface area contributed by atoms with Crippen LogP contribution < -0.4 is 0 Å². The molecule has 0 saturated heterocycles. The minimum absolute atomic E-state index is 0.0208. The summed E-state index contributed by atoms with van der Waals surface area (Å²) in [6.07, 6.45) is 1.23. The third kappa shape index (κ3) is 3.04. The lowest BCUT2D eigenvalue weighted by molar-refractivity contribution is 0.627. The molecule has 8 heavy (non-hydrogen) atoms. The van der Waals surface area contributed by atoms with Gasteiger partial charge in [-0.15, -0.1) is 0 Å². The summed E-state index contributed by atoms with van der Waals surface area (Å²) in [7, 11) is -2.18. The Bertz CT molecular complexity index is 172. The van der Waals surface area contributed by atoms with Crippen LogP contribution in [0, 0.1) is 0 Å². The van der Waals surface area contributed by atoms with E-state index in [0.29, 0.717) is 6.42 Å². The fourth-order valence-electron chi connectivity index (χ4n) is 0.280. The van der Waals surface area contributed by atoms with E-state index in [4.69, 9.17) is 11.6 Å². The zero-order valence-corrected chi connectivity index (χ0v) is 6.09. The normalized spacial score (nSPS) is 8.75. The van der Waals surface area contributed by atoms with Crippen LogP contribution in [0.5, 0.6) is 0 Å². The fraction of sp³-hybridized carbons (Fsp3) is 0.750. The molecule has 0 fully saturated rings. The third-order valence-corrected chi connectivity index (χ3v) is 1.76. The molecule has 0 spiro atoms. The van der Waals surface area contributed by atoms with Crippen molar-refractivity contribution in [2.24, 2.45) is 0 Å². The molecule has 0 aromatic carbocycles. The molecule has 0 aromatic rings. The number of hydrogen-bond donors (Lipinski definition) is 0. The van der Waals surface area contributed by atoms with Crippen LogP contribution in [0.1, 0.15) is 19.8 Å². The SMILES string of the molecule is CCCC(Cl)=S(=O)=O. The summed E-state index contributed by atoms with van der Waals surface area (Å²) < 4.78 is 19.9. The van der Waals surface area contributed by atoms with Crippen molar-refractivity contribution in [2.45, 2.75) is 19.8 Å². The highest BCUT2D eigenvalue weighted by Gasteiger charge is 1.90. The Labute approximate surface area is 55.0 Å². The molecule has 2 nitrogen and oxygen atoms in total. The van der Waals surface area contributed by atoms with Crippen LogP contribution >= 0.6 is 11.6 Å². The summed E-state index contributed by atoms with van der Waals surface area (Å²) in [5, 5.41) is 0. The molecule has 0 unspecified atom stereocenters. The van der Waals surface area contributed by atoms with Crippen LogP contribution in [-0.4, -0.2) is 12.7 Å². The highest BCUT2D eigenvalue weighted by atomic mass is 35.5. The maximum atomic E-state index is 9.92. The number of rotatable bonds is 2. The van der Waals surface area contributed by atoms with Crippen LogP contribution in [0.3, 0.4) is 0 Å². The van der Waals surface area contributed by atoms with Gasteiger partial charge in [-0.25, -0.2) is 0 Å².